The molecular formula is C14H21N3O. The minimum atomic E-state index is -0.119. The van der Waals surface area contributed by atoms with Crippen LogP contribution >= 0.6 is 0 Å². The average molecular weight is 247 g/mol. The fourth-order valence-electron chi connectivity index (χ4n) is 2.52. The van der Waals surface area contributed by atoms with Crippen molar-refractivity contribution in [2.24, 2.45) is 13.0 Å². The topological polar surface area (TPSA) is 50.8 Å². The molecule has 1 aliphatic heterocycles. The third kappa shape index (κ3) is 2.41. The van der Waals surface area contributed by atoms with Gasteiger partial charge >= 0.3 is 0 Å². The summed E-state index contributed by atoms with van der Waals surface area (Å²) in [6, 6.07) is 2.38. The zero-order chi connectivity index (χ0) is 13.3. The molecule has 1 aliphatic rings. The van der Waals surface area contributed by atoms with E-state index in [1.807, 2.05) is 17.9 Å². The lowest BCUT2D eigenvalue weighted by Crippen LogP contribution is -2.24. The van der Waals surface area contributed by atoms with Crippen molar-refractivity contribution >= 4 is 0 Å². The number of nitriles is 1. The molecular weight excluding hydrogens is 226 g/mol. The summed E-state index contributed by atoms with van der Waals surface area (Å²) in [5, 5.41) is 13.8. The van der Waals surface area contributed by atoms with Crippen LogP contribution in [-0.2, 0) is 17.2 Å². The number of aryl methyl sites for hydroxylation is 1. The molecule has 0 aromatic carbocycles. The third-order valence-electron chi connectivity index (χ3n) is 3.36. The number of hydrogen-bond acceptors (Lipinski definition) is 3. The molecule has 2 atom stereocenters. The first-order valence-corrected chi connectivity index (χ1v) is 6.48. The van der Waals surface area contributed by atoms with Gasteiger partial charge in [0.15, 0.2) is 0 Å². The molecule has 18 heavy (non-hydrogen) atoms. The van der Waals surface area contributed by atoms with Crippen LogP contribution in [0.15, 0.2) is 6.20 Å². The molecule has 0 spiro atoms. The lowest BCUT2D eigenvalue weighted by Gasteiger charge is -2.29. The molecule has 0 amide bonds. The fourth-order valence-corrected chi connectivity index (χ4v) is 2.52. The van der Waals surface area contributed by atoms with Crippen molar-refractivity contribution in [3.8, 4) is 6.07 Å². The first-order valence-electron chi connectivity index (χ1n) is 6.48. The third-order valence-corrected chi connectivity index (χ3v) is 3.36. The maximum absolute atomic E-state index is 9.27. The normalized spacial score (nSPS) is 24.8. The van der Waals surface area contributed by atoms with Gasteiger partial charge in [-0.3, -0.25) is 4.68 Å². The van der Waals surface area contributed by atoms with E-state index in [2.05, 4.69) is 31.9 Å². The van der Waals surface area contributed by atoms with Crippen molar-refractivity contribution in [2.75, 3.05) is 6.61 Å². The summed E-state index contributed by atoms with van der Waals surface area (Å²) < 4.78 is 7.66. The molecule has 4 nitrogen and oxygen atoms in total. The zero-order valence-electron chi connectivity index (χ0n) is 11.6. The molecule has 1 fully saturated rings. The minimum absolute atomic E-state index is 0.0304. The summed E-state index contributed by atoms with van der Waals surface area (Å²) in [4.78, 5) is 0. The number of aromatic nitrogens is 2. The molecule has 0 radical (unpaired) electrons. The first kappa shape index (κ1) is 13.1. The van der Waals surface area contributed by atoms with Crippen LogP contribution < -0.4 is 0 Å². The van der Waals surface area contributed by atoms with Crippen molar-refractivity contribution in [2.45, 2.75) is 45.1 Å². The van der Waals surface area contributed by atoms with E-state index >= 15 is 0 Å². The van der Waals surface area contributed by atoms with Crippen LogP contribution in [0.1, 0.15) is 51.0 Å². The van der Waals surface area contributed by atoms with Gasteiger partial charge in [0.2, 0.25) is 0 Å². The Bertz CT molecular complexity index is 464. The van der Waals surface area contributed by atoms with Crippen LogP contribution in [0, 0.1) is 17.2 Å². The van der Waals surface area contributed by atoms with E-state index in [9.17, 15) is 5.26 Å². The predicted octanol–water partition coefficient (Wildman–Crippen LogP) is 2.71. The highest BCUT2D eigenvalue weighted by Gasteiger charge is 2.33. The second-order valence-corrected chi connectivity index (χ2v) is 6.03. The van der Waals surface area contributed by atoms with Gasteiger partial charge in [-0.05, 0) is 12.8 Å². The second-order valence-electron chi connectivity index (χ2n) is 6.03. The highest BCUT2D eigenvalue weighted by molar-refractivity contribution is 5.28. The number of nitrogens with zero attached hydrogens (tertiary/aromatic N) is 3. The molecule has 2 heterocycles. The Balaban J connectivity index is 2.41. The maximum atomic E-state index is 9.27. The predicted molar refractivity (Wildman–Crippen MR) is 68.9 cm³/mol. The molecule has 0 saturated carbocycles. The molecule has 0 bridgehead atoms. The van der Waals surface area contributed by atoms with Gasteiger partial charge in [-0.1, -0.05) is 20.8 Å². The van der Waals surface area contributed by atoms with Gasteiger partial charge in [0, 0.05) is 30.8 Å². The Hall–Kier alpha value is -1.34. The molecule has 0 aliphatic carbocycles. The van der Waals surface area contributed by atoms with Crippen LogP contribution in [-0.4, -0.2) is 16.4 Å². The molecule has 4 heteroatoms. The van der Waals surface area contributed by atoms with E-state index in [1.54, 1.807) is 0 Å². The standard InChI is InChI=1S/C14H21N3O/c1-14(2,3)13-11(9-17(4)16-13)12-10(8-15)6-5-7-18-12/h9-10,12H,5-7H2,1-4H3. The summed E-state index contributed by atoms with van der Waals surface area (Å²) >= 11 is 0. The summed E-state index contributed by atoms with van der Waals surface area (Å²) in [5.74, 6) is -0.0518. The molecule has 1 saturated heterocycles. The van der Waals surface area contributed by atoms with Gasteiger partial charge in [0.05, 0.1) is 17.7 Å². The molecule has 2 unspecified atom stereocenters. The van der Waals surface area contributed by atoms with Gasteiger partial charge in [0.25, 0.3) is 0 Å². The van der Waals surface area contributed by atoms with E-state index in [-0.39, 0.29) is 17.4 Å². The smallest absolute Gasteiger partial charge is 0.102 e. The van der Waals surface area contributed by atoms with Crippen LogP contribution in [0.2, 0.25) is 0 Å². The molecule has 1 aromatic rings. The minimum Gasteiger partial charge on any atom is -0.372 e. The fraction of sp³-hybridized carbons (Fsp3) is 0.714. The van der Waals surface area contributed by atoms with Crippen LogP contribution in [0.3, 0.4) is 0 Å². The Morgan fingerprint density at radius 2 is 2.22 bits per heavy atom. The first-order chi connectivity index (χ1) is 8.43. The van der Waals surface area contributed by atoms with Crippen molar-refractivity contribution < 1.29 is 4.74 Å². The molecule has 0 N–H and O–H groups in total. The number of hydrogen-bond donors (Lipinski definition) is 0. The SMILES string of the molecule is Cn1cc(C2OCCCC2C#N)c(C(C)(C)C)n1. The Kier molecular flexibility index (Phi) is 3.45. The molecule has 98 valence electrons. The van der Waals surface area contributed by atoms with Gasteiger partial charge in [-0.15, -0.1) is 0 Å². The lowest BCUT2D eigenvalue weighted by atomic mass is 9.84. The van der Waals surface area contributed by atoms with Crippen LogP contribution in [0.5, 0.6) is 0 Å². The highest BCUT2D eigenvalue weighted by atomic mass is 16.5. The van der Waals surface area contributed by atoms with E-state index in [1.165, 1.54) is 0 Å². The molecule has 1 aromatic heterocycles. The zero-order valence-corrected chi connectivity index (χ0v) is 11.6. The van der Waals surface area contributed by atoms with Crippen molar-refractivity contribution in [3.05, 3.63) is 17.5 Å². The summed E-state index contributed by atoms with van der Waals surface area (Å²) in [7, 11) is 1.92. The van der Waals surface area contributed by atoms with Gasteiger partial charge < -0.3 is 4.74 Å². The van der Waals surface area contributed by atoms with Crippen molar-refractivity contribution in [3.63, 3.8) is 0 Å². The Morgan fingerprint density at radius 1 is 1.50 bits per heavy atom. The largest absolute Gasteiger partial charge is 0.372 e. The lowest BCUT2D eigenvalue weighted by molar-refractivity contribution is -0.0111. The molecule has 2 rings (SSSR count). The van der Waals surface area contributed by atoms with E-state index < -0.39 is 0 Å². The number of rotatable bonds is 1. The van der Waals surface area contributed by atoms with E-state index in [0.717, 1.165) is 30.7 Å². The monoisotopic (exact) mass is 247 g/mol. The van der Waals surface area contributed by atoms with Crippen molar-refractivity contribution in [1.82, 2.24) is 9.78 Å². The number of ether oxygens (including phenoxy) is 1. The summed E-state index contributed by atoms with van der Waals surface area (Å²) in [5.41, 5.74) is 2.09. The Morgan fingerprint density at radius 3 is 2.83 bits per heavy atom. The quantitative estimate of drug-likeness (QED) is 0.766. The van der Waals surface area contributed by atoms with Gasteiger partial charge in [-0.2, -0.15) is 10.4 Å². The summed E-state index contributed by atoms with van der Waals surface area (Å²) in [6.07, 6.45) is 3.77. The average Bonchev–Trinajstić information content (AvgIpc) is 2.71. The summed E-state index contributed by atoms with van der Waals surface area (Å²) in [6.45, 7) is 7.16. The maximum Gasteiger partial charge on any atom is 0.102 e. The Labute approximate surface area is 109 Å². The van der Waals surface area contributed by atoms with Crippen LogP contribution in [0.4, 0.5) is 0 Å². The highest BCUT2D eigenvalue weighted by Crippen LogP contribution is 2.37. The van der Waals surface area contributed by atoms with Crippen LogP contribution in [0.25, 0.3) is 0 Å². The van der Waals surface area contributed by atoms with Gasteiger partial charge in [0.1, 0.15) is 6.10 Å². The van der Waals surface area contributed by atoms with E-state index in [4.69, 9.17) is 4.74 Å². The van der Waals surface area contributed by atoms with E-state index in [0.29, 0.717) is 0 Å². The van der Waals surface area contributed by atoms with Gasteiger partial charge in [-0.25, -0.2) is 0 Å². The second kappa shape index (κ2) is 4.74. The van der Waals surface area contributed by atoms with Crippen molar-refractivity contribution in [1.29, 1.82) is 5.26 Å².